The third-order valence-corrected chi connectivity index (χ3v) is 4.03. The maximum absolute atomic E-state index is 5.48. The summed E-state index contributed by atoms with van der Waals surface area (Å²) in [6.45, 7) is 5.42. The Kier molecular flexibility index (Phi) is 5.82. The van der Waals surface area contributed by atoms with Crippen LogP contribution in [0.3, 0.4) is 0 Å². The number of rotatable bonds is 7. The monoisotopic (exact) mass is 283 g/mol. The summed E-state index contributed by atoms with van der Waals surface area (Å²) < 4.78 is 5.48. The van der Waals surface area contributed by atoms with Crippen molar-refractivity contribution in [2.45, 2.75) is 32.2 Å². The summed E-state index contributed by atoms with van der Waals surface area (Å²) in [5.74, 6) is 1.43. The first kappa shape index (κ1) is 15.6. The largest absolute Gasteiger partial charge is 0.496 e. The fourth-order valence-corrected chi connectivity index (χ4v) is 2.79. The molecule has 2 nitrogen and oxygen atoms in total. The summed E-state index contributed by atoms with van der Waals surface area (Å²) in [7, 11) is 1.74. The van der Waals surface area contributed by atoms with E-state index in [9.17, 15) is 0 Å². The van der Waals surface area contributed by atoms with Crippen LogP contribution in [0.1, 0.15) is 30.9 Å². The van der Waals surface area contributed by atoms with Crippen LogP contribution in [-0.4, -0.2) is 19.7 Å². The highest BCUT2D eigenvalue weighted by Crippen LogP contribution is 2.25. The lowest BCUT2D eigenvalue weighted by atomic mass is 9.89. The average molecular weight is 283 g/mol. The first-order chi connectivity index (χ1) is 10.3. The van der Waals surface area contributed by atoms with Crippen LogP contribution in [-0.2, 0) is 6.42 Å². The fraction of sp³-hybridized carbons (Fsp3) is 0.368. The molecule has 0 radical (unpaired) electrons. The molecule has 0 bridgehead atoms. The Morgan fingerprint density at radius 2 is 1.67 bits per heavy atom. The minimum absolute atomic E-state index is 0.397. The molecule has 0 heterocycles. The van der Waals surface area contributed by atoms with Crippen LogP contribution in [0, 0.1) is 0 Å². The molecule has 0 fully saturated rings. The van der Waals surface area contributed by atoms with Gasteiger partial charge in [0.15, 0.2) is 0 Å². The predicted molar refractivity (Wildman–Crippen MR) is 89.0 cm³/mol. The lowest BCUT2D eigenvalue weighted by Gasteiger charge is -2.26. The number of hydrogen-bond acceptors (Lipinski definition) is 2. The highest BCUT2D eigenvalue weighted by Gasteiger charge is 2.19. The normalized spacial score (nSPS) is 13.7. The van der Waals surface area contributed by atoms with Crippen LogP contribution in [0.15, 0.2) is 54.6 Å². The zero-order valence-electron chi connectivity index (χ0n) is 13.2. The zero-order valence-corrected chi connectivity index (χ0v) is 13.2. The van der Waals surface area contributed by atoms with E-state index in [4.69, 9.17) is 4.74 Å². The molecule has 0 saturated heterocycles. The molecular weight excluding hydrogens is 258 g/mol. The van der Waals surface area contributed by atoms with Crippen LogP contribution in [0.5, 0.6) is 5.75 Å². The zero-order chi connectivity index (χ0) is 15.1. The molecule has 2 rings (SSSR count). The van der Waals surface area contributed by atoms with Gasteiger partial charge in [0.25, 0.3) is 0 Å². The summed E-state index contributed by atoms with van der Waals surface area (Å²) in [6.07, 6.45) is 0.966. The lowest BCUT2D eigenvalue weighted by Crippen LogP contribution is -2.35. The second-order valence-electron chi connectivity index (χ2n) is 5.38. The third-order valence-electron chi connectivity index (χ3n) is 4.03. The second-order valence-corrected chi connectivity index (χ2v) is 5.38. The van der Waals surface area contributed by atoms with Crippen LogP contribution >= 0.6 is 0 Å². The molecule has 2 unspecified atom stereocenters. The van der Waals surface area contributed by atoms with Crippen molar-refractivity contribution in [1.82, 2.24) is 5.32 Å². The van der Waals surface area contributed by atoms with Crippen LogP contribution in [0.4, 0.5) is 0 Å². The van der Waals surface area contributed by atoms with Crippen molar-refractivity contribution in [3.63, 3.8) is 0 Å². The highest BCUT2D eigenvalue weighted by atomic mass is 16.5. The van der Waals surface area contributed by atoms with Gasteiger partial charge in [0, 0.05) is 6.04 Å². The Balaban J connectivity index is 2.19. The van der Waals surface area contributed by atoms with Gasteiger partial charge in [-0.25, -0.2) is 0 Å². The third kappa shape index (κ3) is 4.08. The molecule has 2 aromatic rings. The van der Waals surface area contributed by atoms with Crippen molar-refractivity contribution < 1.29 is 4.74 Å². The van der Waals surface area contributed by atoms with E-state index in [0.717, 1.165) is 18.7 Å². The summed E-state index contributed by atoms with van der Waals surface area (Å²) in [6, 6.07) is 19.4. The molecule has 2 atom stereocenters. The van der Waals surface area contributed by atoms with Crippen molar-refractivity contribution in [2.24, 2.45) is 0 Å². The van der Waals surface area contributed by atoms with Gasteiger partial charge in [-0.05, 0) is 36.1 Å². The lowest BCUT2D eigenvalue weighted by molar-refractivity contribution is 0.399. The molecule has 0 aromatic heterocycles. The van der Waals surface area contributed by atoms with Gasteiger partial charge in [0.05, 0.1) is 7.11 Å². The van der Waals surface area contributed by atoms with Crippen molar-refractivity contribution in [1.29, 1.82) is 0 Å². The minimum Gasteiger partial charge on any atom is -0.496 e. The standard InChI is InChI=1S/C19H25NO/c1-4-20-18(15(2)16-10-6-5-7-11-16)14-17-12-8-9-13-19(17)21-3/h5-13,15,18,20H,4,14H2,1-3H3. The van der Waals surface area contributed by atoms with Gasteiger partial charge in [0.2, 0.25) is 0 Å². The quantitative estimate of drug-likeness (QED) is 0.828. The first-order valence-corrected chi connectivity index (χ1v) is 7.66. The summed E-state index contributed by atoms with van der Waals surface area (Å²) in [5.41, 5.74) is 2.63. The Bertz CT molecular complexity index is 538. The number of methoxy groups -OCH3 is 1. The fourth-order valence-electron chi connectivity index (χ4n) is 2.79. The van der Waals surface area contributed by atoms with E-state index in [2.05, 4.69) is 61.6 Å². The SMILES string of the molecule is CCNC(Cc1ccccc1OC)C(C)c1ccccc1. The number of para-hydroxylation sites is 1. The van der Waals surface area contributed by atoms with E-state index in [1.807, 2.05) is 12.1 Å². The van der Waals surface area contributed by atoms with Crippen molar-refractivity contribution in [3.8, 4) is 5.75 Å². The van der Waals surface area contributed by atoms with E-state index < -0.39 is 0 Å². The highest BCUT2D eigenvalue weighted by molar-refractivity contribution is 5.34. The molecule has 2 heteroatoms. The molecule has 0 aliphatic heterocycles. The van der Waals surface area contributed by atoms with Crippen LogP contribution in [0.2, 0.25) is 0 Å². The number of ether oxygens (including phenoxy) is 1. The Morgan fingerprint density at radius 1 is 1.00 bits per heavy atom. The van der Waals surface area contributed by atoms with Crippen molar-refractivity contribution in [2.75, 3.05) is 13.7 Å². The molecule has 0 amide bonds. The van der Waals surface area contributed by atoms with Crippen molar-refractivity contribution >= 4 is 0 Å². The molecule has 0 aliphatic carbocycles. The molecule has 0 saturated carbocycles. The average Bonchev–Trinajstić information content (AvgIpc) is 2.55. The number of hydrogen-bond donors (Lipinski definition) is 1. The van der Waals surface area contributed by atoms with Gasteiger partial charge < -0.3 is 10.1 Å². The number of nitrogens with one attached hydrogen (secondary N) is 1. The van der Waals surface area contributed by atoms with Gasteiger partial charge in [-0.2, -0.15) is 0 Å². The molecule has 112 valence electrons. The van der Waals surface area contributed by atoms with E-state index in [1.54, 1.807) is 7.11 Å². The van der Waals surface area contributed by atoms with Gasteiger partial charge in [-0.1, -0.05) is 62.4 Å². The predicted octanol–water partition coefficient (Wildman–Crippen LogP) is 4.02. The minimum atomic E-state index is 0.397. The molecule has 1 N–H and O–H groups in total. The van der Waals surface area contributed by atoms with Crippen LogP contribution < -0.4 is 10.1 Å². The van der Waals surface area contributed by atoms with E-state index in [1.165, 1.54) is 11.1 Å². The first-order valence-electron chi connectivity index (χ1n) is 7.66. The van der Waals surface area contributed by atoms with Crippen LogP contribution in [0.25, 0.3) is 0 Å². The maximum Gasteiger partial charge on any atom is 0.122 e. The van der Waals surface area contributed by atoms with E-state index in [0.29, 0.717) is 12.0 Å². The van der Waals surface area contributed by atoms with Gasteiger partial charge in [-0.3, -0.25) is 0 Å². The van der Waals surface area contributed by atoms with Gasteiger partial charge in [-0.15, -0.1) is 0 Å². The summed E-state index contributed by atoms with van der Waals surface area (Å²) in [5, 5.41) is 3.63. The maximum atomic E-state index is 5.48. The molecule has 0 aliphatic rings. The second kappa shape index (κ2) is 7.84. The summed E-state index contributed by atoms with van der Waals surface area (Å²) >= 11 is 0. The molecule has 2 aromatic carbocycles. The topological polar surface area (TPSA) is 21.3 Å². The number of benzene rings is 2. The summed E-state index contributed by atoms with van der Waals surface area (Å²) in [4.78, 5) is 0. The molecule has 0 spiro atoms. The number of likely N-dealkylation sites (N-methyl/N-ethyl adjacent to an activating group) is 1. The van der Waals surface area contributed by atoms with Crippen molar-refractivity contribution in [3.05, 3.63) is 65.7 Å². The smallest absolute Gasteiger partial charge is 0.122 e. The molecular formula is C19H25NO. The Morgan fingerprint density at radius 3 is 2.33 bits per heavy atom. The van der Waals surface area contributed by atoms with Gasteiger partial charge >= 0.3 is 0 Å². The van der Waals surface area contributed by atoms with E-state index >= 15 is 0 Å². The van der Waals surface area contributed by atoms with Gasteiger partial charge in [0.1, 0.15) is 5.75 Å². The Labute approximate surface area is 128 Å². The molecule has 21 heavy (non-hydrogen) atoms. The Hall–Kier alpha value is -1.80. The van der Waals surface area contributed by atoms with E-state index in [-0.39, 0.29) is 0 Å².